The molecule has 5 heteroatoms. The number of para-hydroxylation sites is 2. The zero-order valence-corrected chi connectivity index (χ0v) is 12.2. The van der Waals surface area contributed by atoms with Gasteiger partial charge in [0, 0.05) is 26.7 Å². The lowest BCUT2D eigenvalue weighted by Gasteiger charge is -2.30. The molecule has 2 saturated heterocycles. The number of H-pyrrole nitrogens is 1. The summed E-state index contributed by atoms with van der Waals surface area (Å²) in [6, 6.07) is 8.10. The maximum atomic E-state index is 12.2. The number of aromatic nitrogens is 2. The minimum absolute atomic E-state index is 0.188. The number of carbonyl (C=O) groups excluding carboxylic acids is 1. The summed E-state index contributed by atoms with van der Waals surface area (Å²) in [6.45, 7) is 3.59. The SMILES string of the molecule is CN1CC[C@@H]2CN(Cc3nc4ccccc4[nH]3)C[C@@H]2C1=O. The molecule has 0 saturated carbocycles. The molecule has 0 spiro atoms. The molecule has 1 amide bonds. The van der Waals surface area contributed by atoms with Gasteiger partial charge in [-0.05, 0) is 24.5 Å². The van der Waals surface area contributed by atoms with Crippen LogP contribution in [0.25, 0.3) is 11.0 Å². The molecule has 0 aliphatic carbocycles. The van der Waals surface area contributed by atoms with Gasteiger partial charge in [-0.25, -0.2) is 4.98 Å². The normalized spacial score (nSPS) is 26.5. The molecule has 2 aliphatic heterocycles. The van der Waals surface area contributed by atoms with E-state index in [2.05, 4.69) is 14.9 Å². The smallest absolute Gasteiger partial charge is 0.227 e. The first-order valence-electron chi connectivity index (χ1n) is 7.61. The Hall–Kier alpha value is -1.88. The summed E-state index contributed by atoms with van der Waals surface area (Å²) in [4.78, 5) is 24.5. The van der Waals surface area contributed by atoms with E-state index in [1.807, 2.05) is 36.2 Å². The molecule has 2 atom stereocenters. The summed E-state index contributed by atoms with van der Waals surface area (Å²) in [5.41, 5.74) is 2.10. The number of fused-ring (bicyclic) bond motifs is 2. The van der Waals surface area contributed by atoms with Gasteiger partial charge in [0.05, 0.1) is 23.5 Å². The monoisotopic (exact) mass is 284 g/mol. The molecule has 5 nitrogen and oxygen atoms in total. The third-order valence-corrected chi connectivity index (χ3v) is 4.86. The Labute approximate surface area is 123 Å². The fourth-order valence-electron chi connectivity index (χ4n) is 3.71. The lowest BCUT2D eigenvalue weighted by molar-refractivity contribution is -0.137. The topological polar surface area (TPSA) is 52.2 Å². The van der Waals surface area contributed by atoms with E-state index >= 15 is 0 Å². The fraction of sp³-hybridized carbons (Fsp3) is 0.500. The van der Waals surface area contributed by atoms with Gasteiger partial charge < -0.3 is 9.88 Å². The zero-order valence-electron chi connectivity index (χ0n) is 12.2. The van der Waals surface area contributed by atoms with Gasteiger partial charge in [-0.2, -0.15) is 0 Å². The van der Waals surface area contributed by atoms with E-state index in [9.17, 15) is 4.79 Å². The highest BCUT2D eigenvalue weighted by Gasteiger charge is 2.41. The molecule has 1 aromatic carbocycles. The molecule has 1 aromatic heterocycles. The number of likely N-dealkylation sites (tertiary alicyclic amines) is 2. The summed E-state index contributed by atoms with van der Waals surface area (Å²) in [5, 5.41) is 0. The van der Waals surface area contributed by atoms with Gasteiger partial charge in [-0.3, -0.25) is 9.69 Å². The lowest BCUT2D eigenvalue weighted by atomic mass is 9.88. The molecule has 0 radical (unpaired) electrons. The third-order valence-electron chi connectivity index (χ3n) is 4.86. The van der Waals surface area contributed by atoms with Crippen molar-refractivity contribution in [1.29, 1.82) is 0 Å². The van der Waals surface area contributed by atoms with Crippen molar-refractivity contribution in [2.45, 2.75) is 13.0 Å². The van der Waals surface area contributed by atoms with E-state index in [1.165, 1.54) is 0 Å². The molecule has 2 aromatic rings. The Morgan fingerprint density at radius 3 is 3.05 bits per heavy atom. The average molecular weight is 284 g/mol. The Morgan fingerprint density at radius 1 is 1.33 bits per heavy atom. The van der Waals surface area contributed by atoms with Crippen molar-refractivity contribution in [3.8, 4) is 0 Å². The first kappa shape index (κ1) is 12.8. The number of hydrogen-bond donors (Lipinski definition) is 1. The van der Waals surface area contributed by atoms with Crippen LogP contribution in [0.5, 0.6) is 0 Å². The molecular formula is C16H20N4O. The molecule has 110 valence electrons. The Bertz CT molecular complexity index is 647. The van der Waals surface area contributed by atoms with Crippen molar-refractivity contribution in [1.82, 2.24) is 19.8 Å². The summed E-state index contributed by atoms with van der Waals surface area (Å²) in [5.74, 6) is 2.03. The number of benzene rings is 1. The van der Waals surface area contributed by atoms with Gasteiger partial charge in [0.2, 0.25) is 5.91 Å². The Kier molecular flexibility index (Phi) is 2.96. The lowest BCUT2D eigenvalue weighted by Crippen LogP contribution is -2.42. The maximum Gasteiger partial charge on any atom is 0.227 e. The highest BCUT2D eigenvalue weighted by atomic mass is 16.2. The Balaban J connectivity index is 1.50. The highest BCUT2D eigenvalue weighted by molar-refractivity contribution is 5.80. The van der Waals surface area contributed by atoms with Gasteiger partial charge in [-0.1, -0.05) is 12.1 Å². The molecular weight excluding hydrogens is 264 g/mol. The molecule has 0 unspecified atom stereocenters. The number of piperidine rings is 1. The highest BCUT2D eigenvalue weighted by Crippen LogP contribution is 2.32. The number of aromatic amines is 1. The van der Waals surface area contributed by atoms with Crippen molar-refractivity contribution in [3.05, 3.63) is 30.1 Å². The third kappa shape index (κ3) is 2.21. The van der Waals surface area contributed by atoms with Gasteiger partial charge >= 0.3 is 0 Å². The maximum absolute atomic E-state index is 12.2. The van der Waals surface area contributed by atoms with Crippen LogP contribution >= 0.6 is 0 Å². The van der Waals surface area contributed by atoms with E-state index in [0.29, 0.717) is 11.8 Å². The fourth-order valence-corrected chi connectivity index (χ4v) is 3.71. The minimum Gasteiger partial charge on any atom is -0.345 e. The average Bonchev–Trinajstić information content (AvgIpc) is 3.06. The van der Waals surface area contributed by atoms with Crippen LogP contribution in [0.1, 0.15) is 12.2 Å². The van der Waals surface area contributed by atoms with Crippen LogP contribution < -0.4 is 0 Å². The summed E-state index contributed by atoms with van der Waals surface area (Å²) in [6.07, 6.45) is 1.13. The van der Waals surface area contributed by atoms with E-state index in [0.717, 1.165) is 49.5 Å². The summed E-state index contributed by atoms with van der Waals surface area (Å²) < 4.78 is 0. The van der Waals surface area contributed by atoms with Crippen molar-refractivity contribution in [2.24, 2.45) is 11.8 Å². The number of rotatable bonds is 2. The van der Waals surface area contributed by atoms with Gasteiger partial charge in [0.25, 0.3) is 0 Å². The second kappa shape index (κ2) is 4.84. The summed E-state index contributed by atoms with van der Waals surface area (Å²) in [7, 11) is 1.92. The first-order valence-corrected chi connectivity index (χ1v) is 7.61. The number of nitrogens with one attached hydrogen (secondary N) is 1. The first-order chi connectivity index (χ1) is 10.2. The number of hydrogen-bond acceptors (Lipinski definition) is 3. The van der Waals surface area contributed by atoms with Crippen LogP contribution in [0.3, 0.4) is 0 Å². The zero-order chi connectivity index (χ0) is 14.4. The Morgan fingerprint density at radius 2 is 2.19 bits per heavy atom. The van der Waals surface area contributed by atoms with Gasteiger partial charge in [-0.15, -0.1) is 0 Å². The van der Waals surface area contributed by atoms with Crippen LogP contribution in [-0.2, 0) is 11.3 Å². The number of amides is 1. The standard InChI is InChI=1S/C16H20N4O/c1-19-7-6-11-8-20(9-12(11)16(19)21)10-15-17-13-4-2-3-5-14(13)18-15/h2-5,11-12H,6-10H2,1H3,(H,17,18)/t11-,12+/m1/s1. The quantitative estimate of drug-likeness (QED) is 0.908. The van der Waals surface area contributed by atoms with Crippen molar-refractivity contribution in [3.63, 3.8) is 0 Å². The van der Waals surface area contributed by atoms with Crippen molar-refractivity contribution < 1.29 is 4.79 Å². The molecule has 2 aliphatic rings. The predicted molar refractivity (Wildman–Crippen MR) is 80.6 cm³/mol. The number of imidazole rings is 1. The van der Waals surface area contributed by atoms with Crippen LogP contribution in [0.15, 0.2) is 24.3 Å². The van der Waals surface area contributed by atoms with Crippen molar-refractivity contribution >= 4 is 16.9 Å². The van der Waals surface area contributed by atoms with Gasteiger partial charge in [0.15, 0.2) is 0 Å². The predicted octanol–water partition coefficient (Wildman–Crippen LogP) is 1.47. The van der Waals surface area contributed by atoms with E-state index in [1.54, 1.807) is 0 Å². The van der Waals surface area contributed by atoms with Crippen LogP contribution in [-0.4, -0.2) is 52.4 Å². The van der Waals surface area contributed by atoms with Crippen molar-refractivity contribution in [2.75, 3.05) is 26.7 Å². The minimum atomic E-state index is 0.188. The molecule has 21 heavy (non-hydrogen) atoms. The number of nitrogens with zero attached hydrogens (tertiary/aromatic N) is 3. The molecule has 1 N–H and O–H groups in total. The number of carbonyl (C=O) groups is 1. The summed E-state index contributed by atoms with van der Waals surface area (Å²) >= 11 is 0. The largest absolute Gasteiger partial charge is 0.345 e. The van der Waals surface area contributed by atoms with Crippen LogP contribution in [0.2, 0.25) is 0 Å². The van der Waals surface area contributed by atoms with E-state index in [-0.39, 0.29) is 5.92 Å². The molecule has 4 rings (SSSR count). The second-order valence-electron chi connectivity index (χ2n) is 6.31. The molecule has 0 bridgehead atoms. The molecule has 3 heterocycles. The second-order valence-corrected chi connectivity index (χ2v) is 6.31. The molecule has 2 fully saturated rings. The van der Waals surface area contributed by atoms with E-state index < -0.39 is 0 Å². The van der Waals surface area contributed by atoms with E-state index in [4.69, 9.17) is 0 Å². The van der Waals surface area contributed by atoms with Crippen LogP contribution in [0, 0.1) is 11.8 Å². The van der Waals surface area contributed by atoms with Gasteiger partial charge in [0.1, 0.15) is 5.82 Å². The van der Waals surface area contributed by atoms with Crippen LogP contribution in [0.4, 0.5) is 0 Å².